The van der Waals surface area contributed by atoms with Gasteiger partial charge in [-0.2, -0.15) is 0 Å². The van der Waals surface area contributed by atoms with Crippen LogP contribution in [0.2, 0.25) is 0 Å². The maximum Gasteiger partial charge on any atom is 0.213 e. The van der Waals surface area contributed by atoms with E-state index in [-0.39, 0.29) is 6.10 Å². The number of ether oxygens (including phenoxy) is 1. The standard InChI is InChI=1S/C20H32N2O3/c1-6-7-8-9-19(14-22(24)21-16(4)17(5)23)18-10-12-20(13-11-18)25-15(2)3/h10-17,23H,6-9H2,1-5H3. The first-order valence-electron chi connectivity index (χ1n) is 9.16. The van der Waals surface area contributed by atoms with E-state index in [1.165, 1.54) is 6.20 Å². The van der Waals surface area contributed by atoms with Crippen LogP contribution in [0.3, 0.4) is 0 Å². The van der Waals surface area contributed by atoms with Crippen LogP contribution >= 0.6 is 0 Å². The molecule has 0 heterocycles. The summed E-state index contributed by atoms with van der Waals surface area (Å²) in [6, 6.07) is 7.36. The first-order valence-corrected chi connectivity index (χ1v) is 9.16. The minimum absolute atomic E-state index is 0.128. The largest absolute Gasteiger partial charge is 0.595 e. The van der Waals surface area contributed by atoms with Crippen LogP contribution in [0, 0.1) is 5.21 Å². The van der Waals surface area contributed by atoms with Crippen LogP contribution in [0.5, 0.6) is 5.75 Å². The molecule has 0 aliphatic carbocycles. The average molecular weight is 348 g/mol. The number of unbranched alkanes of at least 4 members (excludes halogenated alkanes) is 2. The smallest absolute Gasteiger partial charge is 0.213 e. The zero-order valence-electron chi connectivity index (χ0n) is 16.1. The lowest BCUT2D eigenvalue weighted by Crippen LogP contribution is -2.18. The zero-order valence-corrected chi connectivity index (χ0v) is 16.1. The van der Waals surface area contributed by atoms with Crippen molar-refractivity contribution in [2.45, 2.75) is 78.6 Å². The van der Waals surface area contributed by atoms with Gasteiger partial charge in [0.25, 0.3) is 0 Å². The molecule has 1 rings (SSSR count). The Morgan fingerprint density at radius 2 is 1.84 bits per heavy atom. The van der Waals surface area contributed by atoms with E-state index in [2.05, 4.69) is 12.0 Å². The van der Waals surface area contributed by atoms with Crippen molar-refractivity contribution in [1.29, 1.82) is 0 Å². The average Bonchev–Trinajstić information content (AvgIpc) is 2.54. The summed E-state index contributed by atoms with van der Waals surface area (Å²) in [5, 5.41) is 25.6. The number of azo groups is 1. The number of hydrogen-bond acceptors (Lipinski definition) is 4. The fourth-order valence-electron chi connectivity index (χ4n) is 2.31. The third-order valence-electron chi connectivity index (χ3n) is 3.91. The van der Waals surface area contributed by atoms with Crippen molar-refractivity contribution in [2.24, 2.45) is 5.11 Å². The molecule has 0 amide bonds. The van der Waals surface area contributed by atoms with Crippen LogP contribution in [0.15, 0.2) is 35.6 Å². The van der Waals surface area contributed by atoms with Gasteiger partial charge in [0.05, 0.1) is 12.2 Å². The Labute approximate surface area is 151 Å². The predicted octanol–water partition coefficient (Wildman–Crippen LogP) is 5.13. The van der Waals surface area contributed by atoms with Crippen LogP contribution in [-0.4, -0.2) is 28.2 Å². The predicted molar refractivity (Wildman–Crippen MR) is 102 cm³/mol. The fraction of sp³-hybridized carbons (Fsp3) is 0.600. The highest BCUT2D eigenvalue weighted by molar-refractivity contribution is 5.65. The van der Waals surface area contributed by atoms with Gasteiger partial charge in [-0.3, -0.25) is 0 Å². The van der Waals surface area contributed by atoms with Gasteiger partial charge >= 0.3 is 0 Å². The molecule has 0 radical (unpaired) electrons. The number of rotatable bonds is 10. The number of hydroxylamine groups is 1. The van der Waals surface area contributed by atoms with Gasteiger partial charge in [-0.15, -0.1) is 0 Å². The highest BCUT2D eigenvalue weighted by Crippen LogP contribution is 2.24. The topological polar surface area (TPSA) is 67.9 Å². The monoisotopic (exact) mass is 348 g/mol. The van der Waals surface area contributed by atoms with Crippen LogP contribution in [0.4, 0.5) is 0 Å². The van der Waals surface area contributed by atoms with Crippen molar-refractivity contribution < 1.29 is 14.7 Å². The Morgan fingerprint density at radius 3 is 2.36 bits per heavy atom. The molecule has 0 aliphatic heterocycles. The highest BCUT2D eigenvalue weighted by Gasteiger charge is 2.12. The van der Waals surface area contributed by atoms with Gasteiger partial charge in [0.2, 0.25) is 6.20 Å². The van der Waals surface area contributed by atoms with E-state index in [1.54, 1.807) is 13.8 Å². The molecule has 25 heavy (non-hydrogen) atoms. The van der Waals surface area contributed by atoms with Crippen LogP contribution < -0.4 is 4.74 Å². The lowest BCUT2D eigenvalue weighted by molar-refractivity contribution is -0.462. The summed E-state index contributed by atoms with van der Waals surface area (Å²) in [4.78, 5) is 0.581. The summed E-state index contributed by atoms with van der Waals surface area (Å²) < 4.78 is 5.67. The van der Waals surface area contributed by atoms with Gasteiger partial charge in [-0.25, -0.2) is 0 Å². The van der Waals surface area contributed by atoms with Gasteiger partial charge < -0.3 is 15.1 Å². The van der Waals surface area contributed by atoms with E-state index in [9.17, 15) is 10.3 Å². The van der Waals surface area contributed by atoms with Gasteiger partial charge in [-0.1, -0.05) is 36.8 Å². The van der Waals surface area contributed by atoms with Crippen molar-refractivity contribution in [3.63, 3.8) is 0 Å². The number of benzene rings is 1. The van der Waals surface area contributed by atoms with Crippen molar-refractivity contribution in [1.82, 2.24) is 0 Å². The van der Waals surface area contributed by atoms with E-state index in [1.807, 2.05) is 38.1 Å². The Kier molecular flexibility index (Phi) is 9.21. The molecule has 2 atom stereocenters. The lowest BCUT2D eigenvalue weighted by Gasteiger charge is -2.11. The summed E-state index contributed by atoms with van der Waals surface area (Å²) in [6.07, 6.45) is 5.07. The molecule has 0 aliphatic rings. The van der Waals surface area contributed by atoms with Crippen molar-refractivity contribution >= 4 is 5.57 Å². The molecule has 5 nitrogen and oxygen atoms in total. The molecule has 0 aromatic heterocycles. The van der Waals surface area contributed by atoms with Crippen molar-refractivity contribution in [2.75, 3.05) is 0 Å². The van der Waals surface area contributed by atoms with Gasteiger partial charge in [0.15, 0.2) is 0 Å². The SMILES string of the molecule is CCCCCC(=C[N+]([O-])=NC(C)C(C)O)c1ccc(OC(C)C)cc1. The molecule has 0 spiro atoms. The molecule has 1 aromatic rings. The first-order chi connectivity index (χ1) is 11.8. The van der Waals surface area contributed by atoms with Gasteiger partial charge in [0.1, 0.15) is 11.8 Å². The minimum atomic E-state index is -0.652. The molecule has 0 saturated heterocycles. The second kappa shape index (κ2) is 10.9. The Hall–Kier alpha value is -1.88. The molecule has 5 heteroatoms. The second-order valence-electron chi connectivity index (χ2n) is 6.70. The molecule has 0 fully saturated rings. The number of aliphatic hydroxyl groups is 1. The maximum absolute atomic E-state index is 12.1. The normalized spacial score (nSPS) is 15.3. The summed E-state index contributed by atoms with van der Waals surface area (Å²) in [6.45, 7) is 9.48. The van der Waals surface area contributed by atoms with E-state index in [0.29, 0.717) is 4.86 Å². The third kappa shape index (κ3) is 8.16. The van der Waals surface area contributed by atoms with Crippen LogP contribution in [0.25, 0.3) is 5.57 Å². The Bertz CT molecular complexity index is 563. The lowest BCUT2D eigenvalue weighted by atomic mass is 10.0. The van der Waals surface area contributed by atoms with Crippen molar-refractivity contribution in [3.05, 3.63) is 41.2 Å². The summed E-state index contributed by atoms with van der Waals surface area (Å²) in [5.74, 6) is 0.818. The van der Waals surface area contributed by atoms with E-state index < -0.39 is 12.1 Å². The van der Waals surface area contributed by atoms with Gasteiger partial charge in [-0.05, 0) is 63.3 Å². The molecule has 1 aromatic carbocycles. The van der Waals surface area contributed by atoms with E-state index >= 15 is 0 Å². The Morgan fingerprint density at radius 1 is 1.20 bits per heavy atom. The summed E-state index contributed by atoms with van der Waals surface area (Å²) in [7, 11) is 0. The zero-order chi connectivity index (χ0) is 18.8. The minimum Gasteiger partial charge on any atom is -0.595 e. The fourth-order valence-corrected chi connectivity index (χ4v) is 2.31. The van der Waals surface area contributed by atoms with Crippen LogP contribution in [-0.2, 0) is 0 Å². The molecule has 1 N–H and O–H groups in total. The number of allylic oxidation sites excluding steroid dienone is 1. The molecular weight excluding hydrogens is 316 g/mol. The Balaban J connectivity index is 3.00. The second-order valence-corrected chi connectivity index (χ2v) is 6.70. The number of nitrogens with zero attached hydrogens (tertiary/aromatic N) is 2. The van der Waals surface area contributed by atoms with E-state index in [4.69, 9.17) is 4.74 Å². The van der Waals surface area contributed by atoms with E-state index in [0.717, 1.165) is 42.6 Å². The quantitative estimate of drug-likeness (QED) is 0.276. The number of aliphatic hydroxyl groups excluding tert-OH is 1. The van der Waals surface area contributed by atoms with Crippen molar-refractivity contribution in [3.8, 4) is 5.75 Å². The highest BCUT2D eigenvalue weighted by atomic mass is 16.5. The number of hydrogen-bond donors (Lipinski definition) is 1. The molecule has 0 bridgehead atoms. The molecule has 2 unspecified atom stereocenters. The first kappa shape index (κ1) is 21.2. The van der Waals surface area contributed by atoms with Gasteiger partial charge in [0, 0.05) is 5.57 Å². The maximum atomic E-state index is 12.1. The summed E-state index contributed by atoms with van der Waals surface area (Å²) >= 11 is 0. The molecular formula is C20H32N2O3. The summed E-state index contributed by atoms with van der Waals surface area (Å²) in [5.41, 5.74) is 1.94. The molecule has 0 saturated carbocycles. The third-order valence-corrected chi connectivity index (χ3v) is 3.91. The van der Waals surface area contributed by atoms with Crippen LogP contribution in [0.1, 0.15) is 65.9 Å². The molecule has 140 valence electrons.